The quantitative estimate of drug-likeness (QED) is 0.562. The Morgan fingerprint density at radius 2 is 1.78 bits per heavy atom. The van der Waals surface area contributed by atoms with Gasteiger partial charge >= 0.3 is 0 Å². The number of hydrogen-bond acceptors (Lipinski definition) is 4. The van der Waals surface area contributed by atoms with E-state index in [9.17, 15) is 18.0 Å². The fraction of sp³-hybridized carbons (Fsp3) is 0.455. The third-order valence-corrected chi connectivity index (χ3v) is 7.58. The lowest BCUT2D eigenvalue weighted by Crippen LogP contribution is -2.37. The van der Waals surface area contributed by atoms with Gasteiger partial charge < -0.3 is 15.2 Å². The van der Waals surface area contributed by atoms with Gasteiger partial charge in [-0.05, 0) is 57.7 Å². The first kappa shape index (κ1) is 24.3. The van der Waals surface area contributed by atoms with Gasteiger partial charge in [-0.1, -0.05) is 17.7 Å². The summed E-state index contributed by atoms with van der Waals surface area (Å²) in [5.41, 5.74) is 2.53. The van der Waals surface area contributed by atoms with Crippen molar-refractivity contribution >= 4 is 39.1 Å². The van der Waals surface area contributed by atoms with Gasteiger partial charge in [0, 0.05) is 48.2 Å². The zero-order valence-corrected chi connectivity index (χ0v) is 20.1. The molecule has 0 radical (unpaired) electrons. The molecule has 3 rings (SSSR count). The van der Waals surface area contributed by atoms with Crippen molar-refractivity contribution in [1.82, 2.24) is 14.6 Å². The van der Waals surface area contributed by atoms with Gasteiger partial charge in [0.2, 0.25) is 15.9 Å². The standard InChI is InChI=1S/C22H29ClN4O4S/c1-14-7-8-17(13-18(14)23)26-19(28)9-10-24-32(30,31)21-16(3)25-15(2)20(21)22(29)27-11-5-4-6-12-27/h7-8,13,24-25H,4-6,9-12H2,1-3H3,(H,26,28). The van der Waals surface area contributed by atoms with Crippen molar-refractivity contribution in [2.45, 2.75) is 51.3 Å². The first-order valence-corrected chi connectivity index (χ1v) is 12.5. The molecule has 10 heteroatoms. The molecule has 2 aromatic rings. The predicted molar refractivity (Wildman–Crippen MR) is 125 cm³/mol. The molecule has 2 amide bonds. The number of piperidine rings is 1. The monoisotopic (exact) mass is 480 g/mol. The zero-order chi connectivity index (χ0) is 23.5. The van der Waals surface area contributed by atoms with Crippen molar-refractivity contribution in [2.24, 2.45) is 0 Å². The Balaban J connectivity index is 1.68. The molecule has 1 aliphatic rings. The van der Waals surface area contributed by atoms with Crippen LogP contribution in [0.1, 0.15) is 53.0 Å². The van der Waals surface area contributed by atoms with Crippen LogP contribution in [-0.2, 0) is 14.8 Å². The minimum Gasteiger partial charge on any atom is -0.361 e. The summed E-state index contributed by atoms with van der Waals surface area (Å²) < 4.78 is 28.6. The summed E-state index contributed by atoms with van der Waals surface area (Å²) in [6.45, 7) is 6.33. The first-order valence-electron chi connectivity index (χ1n) is 10.6. The van der Waals surface area contributed by atoms with Gasteiger partial charge in [0.1, 0.15) is 4.90 Å². The largest absolute Gasteiger partial charge is 0.361 e. The average Bonchev–Trinajstić information content (AvgIpc) is 3.05. The van der Waals surface area contributed by atoms with E-state index < -0.39 is 10.0 Å². The van der Waals surface area contributed by atoms with E-state index in [1.54, 1.807) is 36.9 Å². The summed E-state index contributed by atoms with van der Waals surface area (Å²) in [5.74, 6) is -0.625. The summed E-state index contributed by atoms with van der Waals surface area (Å²) in [7, 11) is -4.00. The summed E-state index contributed by atoms with van der Waals surface area (Å²) >= 11 is 6.07. The molecule has 0 aliphatic carbocycles. The van der Waals surface area contributed by atoms with Gasteiger partial charge in [0.15, 0.2) is 0 Å². The predicted octanol–water partition coefficient (Wildman–Crippen LogP) is 3.53. The van der Waals surface area contributed by atoms with E-state index in [1.807, 2.05) is 6.92 Å². The maximum Gasteiger partial charge on any atom is 0.257 e. The van der Waals surface area contributed by atoms with Crippen molar-refractivity contribution in [2.75, 3.05) is 25.0 Å². The van der Waals surface area contributed by atoms with Crippen LogP contribution in [0.15, 0.2) is 23.1 Å². The number of aromatic amines is 1. The Morgan fingerprint density at radius 3 is 2.44 bits per heavy atom. The number of aromatic nitrogens is 1. The number of carbonyl (C=O) groups is 2. The van der Waals surface area contributed by atoms with Crippen molar-refractivity contribution in [3.63, 3.8) is 0 Å². The second-order valence-corrected chi connectivity index (χ2v) is 10.2. The molecule has 0 saturated carbocycles. The Labute approximate surface area is 193 Å². The summed E-state index contributed by atoms with van der Waals surface area (Å²) in [4.78, 5) is 30.0. The molecule has 2 heterocycles. The molecule has 1 saturated heterocycles. The number of anilines is 1. The van der Waals surface area contributed by atoms with Crippen LogP contribution in [0.25, 0.3) is 0 Å². The lowest BCUT2D eigenvalue weighted by atomic mass is 10.1. The van der Waals surface area contributed by atoms with E-state index in [2.05, 4.69) is 15.0 Å². The number of aryl methyl sites for hydroxylation is 3. The van der Waals surface area contributed by atoms with Crippen LogP contribution in [0.5, 0.6) is 0 Å². The molecule has 0 atom stereocenters. The van der Waals surface area contributed by atoms with Crippen molar-refractivity contribution in [3.8, 4) is 0 Å². The molecule has 0 bridgehead atoms. The number of likely N-dealkylation sites (tertiary alicyclic amines) is 1. The number of carbonyl (C=O) groups excluding carboxylic acids is 2. The zero-order valence-electron chi connectivity index (χ0n) is 18.5. The van der Waals surface area contributed by atoms with Gasteiger partial charge in [-0.2, -0.15) is 0 Å². The number of benzene rings is 1. The smallest absolute Gasteiger partial charge is 0.257 e. The fourth-order valence-corrected chi connectivity index (χ4v) is 5.53. The molecule has 1 aliphatic heterocycles. The van der Waals surface area contributed by atoms with E-state index in [4.69, 9.17) is 11.6 Å². The number of rotatable bonds is 7. The van der Waals surface area contributed by atoms with Crippen molar-refractivity contribution < 1.29 is 18.0 Å². The van der Waals surface area contributed by atoms with Crippen LogP contribution in [-0.4, -0.2) is 49.8 Å². The van der Waals surface area contributed by atoms with Crippen molar-refractivity contribution in [3.05, 3.63) is 45.7 Å². The molecule has 1 aromatic heterocycles. The Morgan fingerprint density at radius 1 is 1.09 bits per heavy atom. The van der Waals surface area contributed by atoms with Crippen molar-refractivity contribution in [1.29, 1.82) is 0 Å². The summed E-state index contributed by atoms with van der Waals surface area (Å²) in [5, 5.41) is 3.23. The molecule has 8 nitrogen and oxygen atoms in total. The highest BCUT2D eigenvalue weighted by Crippen LogP contribution is 2.26. The molecule has 0 spiro atoms. The third kappa shape index (κ3) is 5.51. The molecule has 3 N–H and O–H groups in total. The second-order valence-electron chi connectivity index (χ2n) is 8.09. The highest BCUT2D eigenvalue weighted by atomic mass is 35.5. The fourth-order valence-electron chi connectivity index (χ4n) is 3.87. The molecule has 32 heavy (non-hydrogen) atoms. The van der Waals surface area contributed by atoms with Crippen LogP contribution >= 0.6 is 11.6 Å². The van der Waals surface area contributed by atoms with Gasteiger partial charge in [-0.3, -0.25) is 9.59 Å². The SMILES string of the molecule is Cc1ccc(NC(=O)CCNS(=O)(=O)c2c(C)[nH]c(C)c2C(=O)N2CCCCC2)cc1Cl. The highest BCUT2D eigenvalue weighted by Gasteiger charge is 2.31. The number of sulfonamides is 1. The summed E-state index contributed by atoms with van der Waals surface area (Å²) in [6.07, 6.45) is 2.83. The Hall–Kier alpha value is -2.36. The number of nitrogens with one attached hydrogen (secondary N) is 3. The van der Waals surface area contributed by atoms with E-state index in [0.717, 1.165) is 24.8 Å². The van der Waals surface area contributed by atoms with E-state index in [-0.39, 0.29) is 35.2 Å². The van der Waals surface area contributed by atoms with Crippen LogP contribution in [0.3, 0.4) is 0 Å². The summed E-state index contributed by atoms with van der Waals surface area (Å²) in [6, 6.07) is 5.16. The van der Waals surface area contributed by atoms with Crippen LogP contribution in [0.2, 0.25) is 5.02 Å². The lowest BCUT2D eigenvalue weighted by Gasteiger charge is -2.27. The number of halogens is 1. The Bertz CT molecular complexity index is 1120. The average molecular weight is 481 g/mol. The normalized spacial score (nSPS) is 14.4. The topological polar surface area (TPSA) is 111 Å². The van der Waals surface area contributed by atoms with E-state index in [0.29, 0.717) is 35.2 Å². The van der Waals surface area contributed by atoms with E-state index in [1.165, 1.54) is 0 Å². The minimum absolute atomic E-state index is 0.0451. The molecule has 174 valence electrons. The number of H-pyrrole nitrogens is 1. The minimum atomic E-state index is -4.00. The van der Waals surface area contributed by atoms with Crippen LogP contribution in [0, 0.1) is 20.8 Å². The maximum absolute atomic E-state index is 13.1. The maximum atomic E-state index is 13.1. The molecule has 0 unspecified atom stereocenters. The first-order chi connectivity index (χ1) is 15.1. The lowest BCUT2D eigenvalue weighted by molar-refractivity contribution is -0.116. The molecular formula is C22H29ClN4O4S. The third-order valence-electron chi connectivity index (χ3n) is 5.54. The van der Waals surface area contributed by atoms with Gasteiger partial charge in [-0.25, -0.2) is 13.1 Å². The van der Waals surface area contributed by atoms with Crippen LogP contribution in [0.4, 0.5) is 5.69 Å². The Kier molecular flexibility index (Phi) is 7.63. The highest BCUT2D eigenvalue weighted by molar-refractivity contribution is 7.89. The molecule has 1 aromatic carbocycles. The second kappa shape index (κ2) is 10.1. The number of hydrogen-bond donors (Lipinski definition) is 3. The van der Waals surface area contributed by atoms with Gasteiger partial charge in [0.05, 0.1) is 5.56 Å². The van der Waals surface area contributed by atoms with Crippen LogP contribution < -0.4 is 10.0 Å². The van der Waals surface area contributed by atoms with Gasteiger partial charge in [0.25, 0.3) is 5.91 Å². The van der Waals surface area contributed by atoms with E-state index >= 15 is 0 Å². The van der Waals surface area contributed by atoms with Gasteiger partial charge in [-0.15, -0.1) is 0 Å². The number of amides is 2. The number of nitrogens with zero attached hydrogens (tertiary/aromatic N) is 1. The molecule has 1 fully saturated rings. The molecular weight excluding hydrogens is 452 g/mol.